The minimum atomic E-state index is -1.50. The first-order chi connectivity index (χ1) is 16.0. The summed E-state index contributed by atoms with van der Waals surface area (Å²) in [5.74, 6) is 2.38. The molecule has 33 heavy (non-hydrogen) atoms. The third kappa shape index (κ3) is 5.39. The summed E-state index contributed by atoms with van der Waals surface area (Å²) in [5.41, 5.74) is 1.74. The zero-order valence-corrected chi connectivity index (χ0v) is 18.6. The van der Waals surface area contributed by atoms with E-state index in [0.29, 0.717) is 11.5 Å². The SMILES string of the molecule is COCCCC1CCC(c2ccc(C#Cc3ccc4c(F)c(F)c(F)cc4c3)c(F)c2)CC1. The van der Waals surface area contributed by atoms with Crippen LogP contribution in [0, 0.1) is 41.0 Å². The zero-order valence-electron chi connectivity index (χ0n) is 18.6. The first-order valence-corrected chi connectivity index (χ1v) is 11.3. The van der Waals surface area contributed by atoms with E-state index < -0.39 is 17.5 Å². The average Bonchev–Trinajstić information content (AvgIpc) is 2.82. The molecule has 1 aliphatic rings. The average molecular weight is 455 g/mol. The summed E-state index contributed by atoms with van der Waals surface area (Å²) in [4.78, 5) is 0. The van der Waals surface area contributed by atoms with Gasteiger partial charge in [0.25, 0.3) is 0 Å². The fourth-order valence-electron chi connectivity index (χ4n) is 4.71. The molecule has 5 heteroatoms. The van der Waals surface area contributed by atoms with E-state index in [9.17, 15) is 17.6 Å². The fraction of sp³-hybridized carbons (Fsp3) is 0.357. The number of hydrogen-bond donors (Lipinski definition) is 0. The highest BCUT2D eigenvalue weighted by atomic mass is 19.2. The molecule has 172 valence electrons. The number of halogens is 4. The van der Waals surface area contributed by atoms with Gasteiger partial charge in [-0.3, -0.25) is 0 Å². The molecule has 0 aliphatic heterocycles. The van der Waals surface area contributed by atoms with Gasteiger partial charge in [-0.25, -0.2) is 17.6 Å². The molecule has 1 aliphatic carbocycles. The highest BCUT2D eigenvalue weighted by molar-refractivity contribution is 5.84. The van der Waals surface area contributed by atoms with Gasteiger partial charge in [0.15, 0.2) is 17.5 Å². The molecule has 1 nitrogen and oxygen atoms in total. The Morgan fingerprint density at radius 1 is 0.848 bits per heavy atom. The molecule has 0 atom stereocenters. The predicted molar refractivity (Wildman–Crippen MR) is 122 cm³/mol. The van der Waals surface area contributed by atoms with Crippen molar-refractivity contribution in [2.24, 2.45) is 5.92 Å². The highest BCUT2D eigenvalue weighted by Crippen LogP contribution is 2.37. The molecule has 1 saturated carbocycles. The van der Waals surface area contributed by atoms with Crippen LogP contribution in [0.5, 0.6) is 0 Å². The van der Waals surface area contributed by atoms with Crippen LogP contribution in [0.3, 0.4) is 0 Å². The van der Waals surface area contributed by atoms with E-state index >= 15 is 0 Å². The van der Waals surface area contributed by atoms with Crippen molar-refractivity contribution < 1.29 is 22.3 Å². The molecule has 0 saturated heterocycles. The number of benzene rings is 3. The van der Waals surface area contributed by atoms with Gasteiger partial charge < -0.3 is 4.74 Å². The van der Waals surface area contributed by atoms with E-state index in [1.165, 1.54) is 24.6 Å². The molecule has 0 unspecified atom stereocenters. The van der Waals surface area contributed by atoms with Crippen LogP contribution in [0.1, 0.15) is 61.1 Å². The van der Waals surface area contributed by atoms with E-state index in [0.717, 1.165) is 56.3 Å². The van der Waals surface area contributed by atoms with Crippen molar-refractivity contribution in [3.63, 3.8) is 0 Å². The predicted octanol–water partition coefficient (Wildman–Crippen LogP) is 7.50. The van der Waals surface area contributed by atoms with Gasteiger partial charge in [-0.1, -0.05) is 24.0 Å². The lowest BCUT2D eigenvalue weighted by atomic mass is 9.77. The maximum absolute atomic E-state index is 14.7. The molecule has 0 N–H and O–H groups in total. The molecule has 3 aromatic carbocycles. The van der Waals surface area contributed by atoms with Crippen LogP contribution in [-0.4, -0.2) is 13.7 Å². The van der Waals surface area contributed by atoms with Gasteiger partial charge in [0.05, 0.1) is 5.56 Å². The first kappa shape index (κ1) is 23.3. The summed E-state index contributed by atoms with van der Waals surface area (Å²) in [6, 6.07) is 10.5. The number of ether oxygens (including phenoxy) is 1. The first-order valence-electron chi connectivity index (χ1n) is 11.3. The second-order valence-electron chi connectivity index (χ2n) is 8.76. The molecule has 0 aromatic heterocycles. The second-order valence-corrected chi connectivity index (χ2v) is 8.76. The van der Waals surface area contributed by atoms with Crippen molar-refractivity contribution in [3.8, 4) is 11.8 Å². The van der Waals surface area contributed by atoms with Gasteiger partial charge in [0.2, 0.25) is 0 Å². The second kappa shape index (κ2) is 10.4. The molecule has 0 radical (unpaired) electrons. The maximum atomic E-state index is 14.7. The normalized spacial score (nSPS) is 18.2. The smallest absolute Gasteiger partial charge is 0.195 e. The van der Waals surface area contributed by atoms with E-state index in [-0.39, 0.29) is 22.2 Å². The molecule has 0 amide bonds. The van der Waals surface area contributed by atoms with Crippen LogP contribution in [0.4, 0.5) is 17.6 Å². The molecular formula is C28H26F4O. The van der Waals surface area contributed by atoms with Gasteiger partial charge in [-0.2, -0.15) is 0 Å². The maximum Gasteiger partial charge on any atom is 0.195 e. The molecule has 3 aromatic rings. The summed E-state index contributed by atoms with van der Waals surface area (Å²) in [5, 5.41) is 0.176. The Bertz CT molecular complexity index is 1200. The summed E-state index contributed by atoms with van der Waals surface area (Å²) in [7, 11) is 1.73. The minimum Gasteiger partial charge on any atom is -0.385 e. The van der Waals surface area contributed by atoms with Crippen molar-refractivity contribution in [2.45, 2.75) is 44.4 Å². The monoisotopic (exact) mass is 454 g/mol. The van der Waals surface area contributed by atoms with E-state index in [1.54, 1.807) is 19.2 Å². The van der Waals surface area contributed by atoms with Crippen LogP contribution in [-0.2, 0) is 4.74 Å². The Morgan fingerprint density at radius 2 is 1.64 bits per heavy atom. The number of methoxy groups -OCH3 is 1. The Hall–Kier alpha value is -2.84. The third-order valence-corrected chi connectivity index (χ3v) is 6.59. The van der Waals surface area contributed by atoms with Crippen molar-refractivity contribution >= 4 is 10.8 Å². The number of hydrogen-bond acceptors (Lipinski definition) is 1. The van der Waals surface area contributed by atoms with Crippen molar-refractivity contribution in [1.82, 2.24) is 0 Å². The van der Waals surface area contributed by atoms with Gasteiger partial charge in [0.1, 0.15) is 5.82 Å². The minimum absolute atomic E-state index is 0.0246. The van der Waals surface area contributed by atoms with Gasteiger partial charge >= 0.3 is 0 Å². The Kier molecular flexibility index (Phi) is 7.35. The fourth-order valence-corrected chi connectivity index (χ4v) is 4.71. The highest BCUT2D eigenvalue weighted by Gasteiger charge is 2.22. The summed E-state index contributed by atoms with van der Waals surface area (Å²) < 4.78 is 60.7. The number of fused-ring (bicyclic) bond motifs is 1. The summed E-state index contributed by atoms with van der Waals surface area (Å²) >= 11 is 0. The van der Waals surface area contributed by atoms with E-state index in [4.69, 9.17) is 4.74 Å². The van der Waals surface area contributed by atoms with Gasteiger partial charge in [-0.15, -0.1) is 0 Å². The summed E-state index contributed by atoms with van der Waals surface area (Å²) in [6.45, 7) is 0.805. The van der Waals surface area contributed by atoms with E-state index in [2.05, 4.69) is 11.8 Å². The van der Waals surface area contributed by atoms with Gasteiger partial charge in [0, 0.05) is 24.7 Å². The molecule has 0 spiro atoms. The lowest BCUT2D eigenvalue weighted by molar-refractivity contribution is 0.180. The molecule has 0 heterocycles. The molecule has 1 fully saturated rings. The van der Waals surface area contributed by atoms with Crippen LogP contribution in [0.25, 0.3) is 10.8 Å². The Balaban J connectivity index is 1.45. The lowest BCUT2D eigenvalue weighted by Crippen LogP contribution is -2.14. The van der Waals surface area contributed by atoms with Crippen molar-refractivity contribution in [3.05, 3.63) is 82.4 Å². The molecule has 0 bridgehead atoms. The molecular weight excluding hydrogens is 428 g/mol. The standard InChI is InChI=1S/C28H26F4O/c1-33-14-2-3-18-4-8-20(9-5-18)22-12-11-21(25(29)16-22)10-6-19-7-13-24-23(15-19)17-26(30)28(32)27(24)31/h7,11-13,15-18,20H,2-5,8-9,14H2,1H3. The van der Waals surface area contributed by atoms with Crippen LogP contribution in [0.15, 0.2) is 42.5 Å². The van der Waals surface area contributed by atoms with Crippen LogP contribution < -0.4 is 0 Å². The topological polar surface area (TPSA) is 9.23 Å². The van der Waals surface area contributed by atoms with Crippen molar-refractivity contribution in [2.75, 3.05) is 13.7 Å². The van der Waals surface area contributed by atoms with Crippen molar-refractivity contribution in [1.29, 1.82) is 0 Å². The largest absolute Gasteiger partial charge is 0.385 e. The molecule has 4 rings (SSSR count). The quantitative estimate of drug-likeness (QED) is 0.168. The summed E-state index contributed by atoms with van der Waals surface area (Å²) in [6.07, 6.45) is 6.72. The zero-order chi connectivity index (χ0) is 23.4. The van der Waals surface area contributed by atoms with Crippen LogP contribution in [0.2, 0.25) is 0 Å². The van der Waals surface area contributed by atoms with E-state index in [1.807, 2.05) is 6.07 Å². The lowest BCUT2D eigenvalue weighted by Gasteiger charge is -2.29. The Morgan fingerprint density at radius 3 is 2.36 bits per heavy atom. The third-order valence-electron chi connectivity index (χ3n) is 6.59. The Labute approximate surface area is 191 Å². The van der Waals surface area contributed by atoms with Crippen LogP contribution >= 0.6 is 0 Å². The van der Waals surface area contributed by atoms with Gasteiger partial charge in [-0.05, 0) is 91.6 Å². The number of rotatable bonds is 5.